The Morgan fingerprint density at radius 3 is 2.58 bits per heavy atom. The van der Waals surface area contributed by atoms with E-state index in [1.807, 2.05) is 12.3 Å². The molecule has 0 heterocycles. The van der Waals surface area contributed by atoms with E-state index in [-0.39, 0.29) is 0 Å². The third-order valence-corrected chi connectivity index (χ3v) is 3.46. The number of thiocarbonyl (C=S) groups is 1. The molecule has 0 radical (unpaired) electrons. The Morgan fingerprint density at radius 2 is 2.08 bits per heavy atom. The molecule has 2 saturated carbocycles. The van der Waals surface area contributed by atoms with Gasteiger partial charge in [-0.2, -0.15) is 0 Å². The second kappa shape index (κ2) is 3.17. The van der Waals surface area contributed by atoms with Crippen LogP contribution in [0.15, 0.2) is 12.3 Å². The van der Waals surface area contributed by atoms with Crippen molar-refractivity contribution in [3.8, 4) is 0 Å². The van der Waals surface area contributed by atoms with Crippen LogP contribution in [-0.4, -0.2) is 10.9 Å². The van der Waals surface area contributed by atoms with Gasteiger partial charge in [0.05, 0.1) is 0 Å². The zero-order valence-corrected chi connectivity index (χ0v) is 8.07. The van der Waals surface area contributed by atoms with Crippen LogP contribution in [0.5, 0.6) is 0 Å². The lowest BCUT2D eigenvalue weighted by Gasteiger charge is -2.26. The molecule has 2 rings (SSSR count). The first kappa shape index (κ1) is 8.24. The minimum atomic E-state index is 0.458. The Bertz CT molecular complexity index is 202. The molecule has 2 bridgehead atoms. The molecule has 1 N–H and O–H groups in total. The molecule has 0 aromatic carbocycles. The fourth-order valence-electron chi connectivity index (χ4n) is 2.66. The van der Waals surface area contributed by atoms with Crippen LogP contribution in [0.2, 0.25) is 0 Å². The van der Waals surface area contributed by atoms with Crippen molar-refractivity contribution in [2.75, 3.05) is 0 Å². The molecule has 0 unspecified atom stereocenters. The number of hydrogen-bond donors (Lipinski definition) is 1. The molecule has 2 aliphatic rings. The van der Waals surface area contributed by atoms with E-state index in [1.165, 1.54) is 32.1 Å². The molecular weight excluding hydrogens is 166 g/mol. The summed E-state index contributed by atoms with van der Waals surface area (Å²) < 4.78 is 0. The van der Waals surface area contributed by atoms with E-state index in [4.69, 9.17) is 12.2 Å². The molecule has 0 aromatic heterocycles. The van der Waals surface area contributed by atoms with Crippen molar-refractivity contribution < 1.29 is 0 Å². The van der Waals surface area contributed by atoms with Crippen molar-refractivity contribution >= 4 is 17.6 Å². The highest BCUT2D eigenvalue weighted by Crippen LogP contribution is 2.47. The highest BCUT2D eigenvalue weighted by Gasteiger charge is 2.43. The van der Waals surface area contributed by atoms with Gasteiger partial charge in [-0.15, -0.1) is 0 Å². The average molecular weight is 181 g/mol. The van der Waals surface area contributed by atoms with E-state index in [2.05, 4.69) is 5.32 Å². The molecule has 0 atom stereocenters. The molecule has 2 aliphatic carbocycles. The summed E-state index contributed by atoms with van der Waals surface area (Å²) >= 11 is 4.72. The molecule has 0 spiro atoms. The summed E-state index contributed by atoms with van der Waals surface area (Å²) in [5.74, 6) is 1.01. The smallest absolute Gasteiger partial charge is 0.0371 e. The van der Waals surface area contributed by atoms with Crippen molar-refractivity contribution in [2.45, 2.75) is 37.6 Å². The number of hydrogen-bond acceptors (Lipinski definition) is 2. The zero-order valence-electron chi connectivity index (χ0n) is 7.25. The fourth-order valence-corrected chi connectivity index (χ4v) is 2.74. The fraction of sp³-hybridized carbons (Fsp3) is 0.700. The van der Waals surface area contributed by atoms with E-state index < -0.39 is 0 Å². The quantitative estimate of drug-likeness (QED) is 0.530. The first-order valence-electron chi connectivity index (χ1n) is 4.73. The summed E-state index contributed by atoms with van der Waals surface area (Å²) in [5.41, 5.74) is 0.458. The average Bonchev–Trinajstić information content (AvgIpc) is 2.64. The summed E-state index contributed by atoms with van der Waals surface area (Å²) in [5, 5.41) is 5.17. The van der Waals surface area contributed by atoms with Crippen molar-refractivity contribution in [3.05, 3.63) is 12.3 Å². The van der Waals surface area contributed by atoms with Crippen LogP contribution in [0, 0.1) is 5.92 Å². The van der Waals surface area contributed by atoms with E-state index in [9.17, 15) is 0 Å². The topological polar surface area (TPSA) is 12.0 Å². The number of nitrogens with one attached hydrogen (secondary N) is 1. The molecule has 12 heavy (non-hydrogen) atoms. The van der Waals surface area contributed by atoms with E-state index >= 15 is 0 Å². The third-order valence-electron chi connectivity index (χ3n) is 3.31. The van der Waals surface area contributed by atoms with Crippen molar-refractivity contribution in [3.63, 3.8) is 0 Å². The van der Waals surface area contributed by atoms with Gasteiger partial charge in [0.25, 0.3) is 0 Å². The van der Waals surface area contributed by atoms with Gasteiger partial charge in [0.2, 0.25) is 0 Å². The summed E-state index contributed by atoms with van der Waals surface area (Å²) in [6, 6.07) is 0. The molecule has 0 aliphatic heterocycles. The Kier molecular flexibility index (Phi) is 2.18. The Balaban J connectivity index is 1.93. The minimum absolute atomic E-state index is 0.458. The van der Waals surface area contributed by atoms with Crippen LogP contribution in [0.4, 0.5) is 0 Å². The molecular formula is C10H15NS. The lowest BCUT2D eigenvalue weighted by molar-refractivity contribution is 0.366. The lowest BCUT2D eigenvalue weighted by Crippen LogP contribution is -2.37. The minimum Gasteiger partial charge on any atom is -0.385 e. The molecule has 2 fully saturated rings. The Hall–Kier alpha value is -0.370. The van der Waals surface area contributed by atoms with Crippen molar-refractivity contribution in [1.82, 2.24) is 5.32 Å². The second-order valence-corrected chi connectivity index (χ2v) is 4.34. The number of allylic oxidation sites excluding steroid dienone is 1. The van der Waals surface area contributed by atoms with Gasteiger partial charge in [-0.1, -0.05) is 12.2 Å². The van der Waals surface area contributed by atoms with Crippen LogP contribution in [0.1, 0.15) is 32.1 Å². The Labute approximate surface area is 79.2 Å². The van der Waals surface area contributed by atoms with E-state index in [1.54, 1.807) is 5.37 Å². The number of rotatable bonds is 3. The lowest BCUT2D eigenvalue weighted by atomic mass is 9.94. The SMILES string of the molecule is S=CC=CNC12CCC(CC1)C2. The maximum atomic E-state index is 4.72. The van der Waals surface area contributed by atoms with Crippen LogP contribution in [0.25, 0.3) is 0 Å². The molecule has 1 nitrogen and oxygen atoms in total. The van der Waals surface area contributed by atoms with Gasteiger partial charge < -0.3 is 5.32 Å². The van der Waals surface area contributed by atoms with Crippen molar-refractivity contribution in [2.24, 2.45) is 5.92 Å². The van der Waals surface area contributed by atoms with Gasteiger partial charge in [0.1, 0.15) is 0 Å². The van der Waals surface area contributed by atoms with Gasteiger partial charge in [-0.25, -0.2) is 0 Å². The standard InChI is InChI=1S/C10H15NS/c12-7-1-6-11-10-4-2-9(8-10)3-5-10/h1,6-7,9,11H,2-5,8H2. The number of fused-ring (bicyclic) bond motifs is 2. The maximum Gasteiger partial charge on any atom is 0.0371 e. The maximum absolute atomic E-state index is 4.72. The summed E-state index contributed by atoms with van der Waals surface area (Å²) in [6.07, 6.45) is 10.9. The predicted octanol–water partition coefficient (Wildman–Crippen LogP) is 2.42. The van der Waals surface area contributed by atoms with Crippen LogP contribution < -0.4 is 5.32 Å². The monoisotopic (exact) mass is 181 g/mol. The van der Waals surface area contributed by atoms with Crippen LogP contribution in [0.3, 0.4) is 0 Å². The highest BCUT2D eigenvalue weighted by atomic mass is 32.1. The van der Waals surface area contributed by atoms with Crippen LogP contribution in [-0.2, 0) is 0 Å². The van der Waals surface area contributed by atoms with Gasteiger partial charge in [-0.05, 0) is 50.3 Å². The third kappa shape index (κ3) is 1.40. The first-order chi connectivity index (χ1) is 5.85. The summed E-state index contributed by atoms with van der Waals surface area (Å²) in [6.45, 7) is 0. The van der Waals surface area contributed by atoms with Gasteiger partial charge in [-0.3, -0.25) is 0 Å². The molecule has 0 aromatic rings. The Morgan fingerprint density at radius 1 is 1.33 bits per heavy atom. The summed E-state index contributed by atoms with van der Waals surface area (Å²) in [4.78, 5) is 0. The van der Waals surface area contributed by atoms with E-state index in [0.717, 1.165) is 5.92 Å². The highest BCUT2D eigenvalue weighted by molar-refractivity contribution is 7.79. The van der Waals surface area contributed by atoms with Gasteiger partial charge >= 0.3 is 0 Å². The molecule has 2 heteroatoms. The molecule has 0 amide bonds. The van der Waals surface area contributed by atoms with Crippen molar-refractivity contribution in [1.29, 1.82) is 0 Å². The predicted molar refractivity (Wildman–Crippen MR) is 55.2 cm³/mol. The second-order valence-electron chi connectivity index (χ2n) is 4.07. The van der Waals surface area contributed by atoms with Crippen LogP contribution >= 0.6 is 12.2 Å². The largest absolute Gasteiger partial charge is 0.385 e. The zero-order chi connectivity index (χ0) is 8.44. The van der Waals surface area contributed by atoms with Gasteiger partial charge in [0, 0.05) is 10.9 Å². The molecule has 0 saturated heterocycles. The summed E-state index contributed by atoms with van der Waals surface area (Å²) in [7, 11) is 0. The van der Waals surface area contributed by atoms with Gasteiger partial charge in [0.15, 0.2) is 0 Å². The normalized spacial score (nSPS) is 39.2. The molecule has 66 valence electrons. The first-order valence-corrected chi connectivity index (χ1v) is 5.20. The van der Waals surface area contributed by atoms with E-state index in [0.29, 0.717) is 5.54 Å².